The third kappa shape index (κ3) is 7.41. The Balaban J connectivity index is 1.31. The maximum absolute atomic E-state index is 7.66. The lowest BCUT2D eigenvalue weighted by Gasteiger charge is -2.52. The number of benzene rings is 5. The van der Waals surface area contributed by atoms with Gasteiger partial charge in [-0.3, -0.25) is 0 Å². The molecule has 2 aliphatic heterocycles. The highest BCUT2D eigenvalue weighted by molar-refractivity contribution is 6.99. The molecule has 0 saturated carbocycles. The molecule has 0 bridgehead atoms. The minimum Gasteiger partial charge on any atom is -0.381 e. The third-order valence-corrected chi connectivity index (χ3v) is 14.6. The van der Waals surface area contributed by atoms with E-state index in [0.717, 1.165) is 27.1 Å². The van der Waals surface area contributed by atoms with Crippen molar-refractivity contribution in [2.45, 2.75) is 76.0 Å². The van der Waals surface area contributed by atoms with Crippen molar-refractivity contribution >= 4 is 18.7 Å². The smallest absolute Gasteiger partial charge is 0.264 e. The highest BCUT2D eigenvalue weighted by Crippen LogP contribution is 2.42. The zero-order valence-electron chi connectivity index (χ0n) is 29.0. The van der Waals surface area contributed by atoms with Gasteiger partial charge in [0.1, 0.15) is 24.4 Å². The Kier molecular flexibility index (Phi) is 10.7. The molecule has 2 heterocycles. The fourth-order valence-electron chi connectivity index (χ4n) is 7.19. The minimum atomic E-state index is -3.07. The normalized spacial score (nSPS) is 24.0. The van der Waals surface area contributed by atoms with Gasteiger partial charge in [-0.25, -0.2) is 0 Å². The molecular weight excluding hydrogens is 641 g/mol. The third-order valence-electron chi connectivity index (χ3n) is 9.64. The van der Waals surface area contributed by atoms with Crippen LogP contribution in [0.25, 0.3) is 0 Å². The fraction of sp³-hybridized carbons (Fsp3) is 0.302. The van der Waals surface area contributed by atoms with Crippen molar-refractivity contribution in [1.29, 1.82) is 0 Å². The molecule has 6 atom stereocenters. The van der Waals surface area contributed by atoms with Crippen LogP contribution in [-0.2, 0) is 41.3 Å². The lowest BCUT2D eigenvalue weighted by molar-refractivity contribution is -0.362. The van der Waals surface area contributed by atoms with E-state index in [1.165, 1.54) is 0 Å². The maximum atomic E-state index is 7.66. The molecule has 6 nitrogen and oxygen atoms in total. The molecule has 5 aromatic carbocycles. The van der Waals surface area contributed by atoms with Crippen LogP contribution in [0.2, 0.25) is 5.04 Å². The zero-order chi connectivity index (χ0) is 34.4. The summed E-state index contributed by atoms with van der Waals surface area (Å²) in [5.74, 6) is 0. The summed E-state index contributed by atoms with van der Waals surface area (Å²) in [6, 6.07) is 51.7. The standard InChI is InChI=1S/C43H46O6Si/c1-43(2,3)50(35-25-15-7-16-26-35,36-27-17-8-18-28-36)49-42-40(45-30-33-21-11-5-12-22-33)39(44-29-32-19-9-4-10-20-32)38-37(47-42)31-46-41(48-38)34-23-13-6-14-24-34/h4-28,37-42H,29-31H2,1-3H3/t37?,38-,39-,40?,41?,42-/m0/s1. The van der Waals surface area contributed by atoms with E-state index in [2.05, 4.69) is 106 Å². The first-order chi connectivity index (χ1) is 24.4. The van der Waals surface area contributed by atoms with Crippen molar-refractivity contribution in [3.05, 3.63) is 168 Å². The Labute approximate surface area is 297 Å². The van der Waals surface area contributed by atoms with Crippen LogP contribution in [-0.4, -0.2) is 45.6 Å². The van der Waals surface area contributed by atoms with Crippen molar-refractivity contribution in [1.82, 2.24) is 0 Å². The Morgan fingerprint density at radius 1 is 0.580 bits per heavy atom. The van der Waals surface area contributed by atoms with Gasteiger partial charge in [0.15, 0.2) is 12.6 Å². The van der Waals surface area contributed by atoms with Gasteiger partial charge in [0, 0.05) is 5.56 Å². The second kappa shape index (κ2) is 15.5. The quantitative estimate of drug-likeness (QED) is 0.134. The van der Waals surface area contributed by atoms with E-state index in [9.17, 15) is 0 Å². The molecule has 50 heavy (non-hydrogen) atoms. The first-order valence-electron chi connectivity index (χ1n) is 17.5. The predicted molar refractivity (Wildman–Crippen MR) is 197 cm³/mol. The second-order valence-corrected chi connectivity index (χ2v) is 18.3. The van der Waals surface area contributed by atoms with Crippen LogP contribution in [0, 0.1) is 0 Å². The lowest BCUT2D eigenvalue weighted by atomic mass is 9.97. The largest absolute Gasteiger partial charge is 0.381 e. The number of fused-ring (bicyclic) bond motifs is 1. The van der Waals surface area contributed by atoms with Gasteiger partial charge in [-0.1, -0.05) is 172 Å². The Hall–Kier alpha value is -3.92. The molecule has 3 unspecified atom stereocenters. The van der Waals surface area contributed by atoms with Gasteiger partial charge in [0.2, 0.25) is 0 Å². The van der Waals surface area contributed by atoms with E-state index in [-0.39, 0.29) is 5.04 Å². The average Bonchev–Trinajstić information content (AvgIpc) is 3.16. The van der Waals surface area contributed by atoms with Crippen LogP contribution in [0.3, 0.4) is 0 Å². The molecule has 2 fully saturated rings. The van der Waals surface area contributed by atoms with Crippen LogP contribution in [0.5, 0.6) is 0 Å². The van der Waals surface area contributed by atoms with E-state index >= 15 is 0 Å². The number of hydrogen-bond acceptors (Lipinski definition) is 6. The summed E-state index contributed by atoms with van der Waals surface area (Å²) >= 11 is 0. The van der Waals surface area contributed by atoms with Crippen molar-refractivity contribution in [2.75, 3.05) is 6.61 Å². The first-order valence-corrected chi connectivity index (χ1v) is 19.4. The SMILES string of the molecule is CC(C)(C)[Si](O[C@@H]1OC2COC(c3ccccc3)O[C@@H]2[C@H](OCc2ccccc2)C1OCc1ccccc1)(c1ccccc1)c1ccccc1. The summed E-state index contributed by atoms with van der Waals surface area (Å²) < 4.78 is 41.6. The Morgan fingerprint density at radius 3 is 1.54 bits per heavy atom. The monoisotopic (exact) mass is 686 g/mol. The molecule has 0 spiro atoms. The molecule has 7 heteroatoms. The summed E-state index contributed by atoms with van der Waals surface area (Å²) in [5, 5.41) is 2.04. The van der Waals surface area contributed by atoms with E-state index in [1.54, 1.807) is 0 Å². The van der Waals surface area contributed by atoms with Gasteiger partial charge in [-0.2, -0.15) is 0 Å². The van der Waals surface area contributed by atoms with Gasteiger partial charge in [0.25, 0.3) is 8.32 Å². The molecule has 2 saturated heterocycles. The van der Waals surface area contributed by atoms with Crippen molar-refractivity contribution < 1.29 is 28.1 Å². The topological polar surface area (TPSA) is 55.4 Å². The van der Waals surface area contributed by atoms with Crippen molar-refractivity contribution in [3.8, 4) is 0 Å². The maximum Gasteiger partial charge on any atom is 0.264 e. The molecule has 258 valence electrons. The fourth-order valence-corrected chi connectivity index (χ4v) is 11.7. The second-order valence-electron chi connectivity index (χ2n) is 14.0. The van der Waals surface area contributed by atoms with Crippen LogP contribution in [0.4, 0.5) is 0 Å². The molecular formula is C43H46O6Si. The Morgan fingerprint density at radius 2 is 1.04 bits per heavy atom. The van der Waals surface area contributed by atoms with Crippen molar-refractivity contribution in [2.24, 2.45) is 0 Å². The predicted octanol–water partition coefficient (Wildman–Crippen LogP) is 7.57. The van der Waals surface area contributed by atoms with Crippen molar-refractivity contribution in [3.63, 3.8) is 0 Å². The summed E-state index contributed by atoms with van der Waals surface area (Å²) in [6.45, 7) is 7.87. The van der Waals surface area contributed by atoms with Crippen LogP contribution in [0.15, 0.2) is 152 Å². The molecule has 0 N–H and O–H groups in total. The zero-order valence-corrected chi connectivity index (χ0v) is 30.0. The molecule has 0 amide bonds. The molecule has 5 aromatic rings. The van der Waals surface area contributed by atoms with Gasteiger partial charge in [0.05, 0.1) is 19.8 Å². The van der Waals surface area contributed by atoms with Crippen LogP contribution in [0.1, 0.15) is 43.8 Å². The number of hydrogen-bond donors (Lipinski definition) is 0. The molecule has 7 rings (SSSR count). The molecule has 0 radical (unpaired) electrons. The number of ether oxygens (including phenoxy) is 5. The van der Waals surface area contributed by atoms with Crippen LogP contribution >= 0.6 is 0 Å². The average molecular weight is 687 g/mol. The van der Waals surface area contributed by atoms with Gasteiger partial charge >= 0.3 is 0 Å². The lowest BCUT2D eigenvalue weighted by Crippen LogP contribution is -2.72. The van der Waals surface area contributed by atoms with Gasteiger partial charge in [-0.05, 0) is 26.5 Å². The summed E-state index contributed by atoms with van der Waals surface area (Å²) in [5.41, 5.74) is 3.06. The van der Waals surface area contributed by atoms with E-state index in [1.807, 2.05) is 66.7 Å². The van der Waals surface area contributed by atoms with E-state index < -0.39 is 45.3 Å². The van der Waals surface area contributed by atoms with E-state index in [0.29, 0.717) is 19.8 Å². The van der Waals surface area contributed by atoms with Gasteiger partial charge < -0.3 is 28.1 Å². The summed E-state index contributed by atoms with van der Waals surface area (Å²) in [7, 11) is -3.07. The molecule has 2 aliphatic rings. The minimum absolute atomic E-state index is 0.280. The Bertz CT molecular complexity index is 1710. The van der Waals surface area contributed by atoms with Crippen LogP contribution < -0.4 is 10.4 Å². The summed E-state index contributed by atoms with van der Waals surface area (Å²) in [4.78, 5) is 0. The molecule has 0 aromatic heterocycles. The molecule has 0 aliphatic carbocycles. The number of rotatable bonds is 11. The summed E-state index contributed by atoms with van der Waals surface area (Å²) in [6.07, 6.45) is -3.43. The highest BCUT2D eigenvalue weighted by Gasteiger charge is 2.57. The van der Waals surface area contributed by atoms with Gasteiger partial charge in [-0.15, -0.1) is 0 Å². The van der Waals surface area contributed by atoms with E-state index in [4.69, 9.17) is 28.1 Å². The highest BCUT2D eigenvalue weighted by atomic mass is 28.4. The first kappa shape index (κ1) is 34.5.